The van der Waals surface area contributed by atoms with Crippen LogP contribution >= 0.6 is 0 Å². The van der Waals surface area contributed by atoms with Gasteiger partial charge in [0.2, 0.25) is 5.91 Å². The lowest BCUT2D eigenvalue weighted by atomic mass is 10.0. The highest BCUT2D eigenvalue weighted by Crippen LogP contribution is 2.18. The summed E-state index contributed by atoms with van der Waals surface area (Å²) in [6.07, 6.45) is 64.5. The van der Waals surface area contributed by atoms with Crippen LogP contribution in [0.15, 0.2) is 0 Å². The molecular formula is C54H109NO3. The molecule has 0 saturated carbocycles. The third-order valence-corrected chi connectivity index (χ3v) is 13.1. The van der Waals surface area contributed by atoms with Gasteiger partial charge >= 0.3 is 0 Å². The lowest BCUT2D eigenvalue weighted by Gasteiger charge is -2.22. The van der Waals surface area contributed by atoms with E-state index in [1.807, 2.05) is 0 Å². The van der Waals surface area contributed by atoms with Gasteiger partial charge in [0.25, 0.3) is 0 Å². The highest BCUT2D eigenvalue weighted by molar-refractivity contribution is 5.76. The quantitative estimate of drug-likeness (QED) is 0.0536. The van der Waals surface area contributed by atoms with Gasteiger partial charge in [-0.25, -0.2) is 0 Å². The molecule has 4 nitrogen and oxygen atoms in total. The minimum absolute atomic E-state index is 0.0316. The minimum Gasteiger partial charge on any atom is -0.394 e. The number of aliphatic hydroxyl groups is 2. The van der Waals surface area contributed by atoms with Gasteiger partial charge in [0.05, 0.1) is 18.8 Å². The fourth-order valence-electron chi connectivity index (χ4n) is 8.95. The van der Waals surface area contributed by atoms with E-state index in [0.29, 0.717) is 12.8 Å². The van der Waals surface area contributed by atoms with Crippen LogP contribution in [0.4, 0.5) is 0 Å². The van der Waals surface area contributed by atoms with Crippen LogP contribution in [-0.4, -0.2) is 34.9 Å². The van der Waals surface area contributed by atoms with Crippen LogP contribution in [0.3, 0.4) is 0 Å². The molecule has 0 aliphatic rings. The second kappa shape index (κ2) is 50.7. The molecule has 0 bridgehead atoms. The van der Waals surface area contributed by atoms with Crippen LogP contribution in [0.2, 0.25) is 0 Å². The molecule has 0 aromatic rings. The van der Waals surface area contributed by atoms with Gasteiger partial charge in [0.15, 0.2) is 0 Å². The zero-order chi connectivity index (χ0) is 42.1. The van der Waals surface area contributed by atoms with Crippen molar-refractivity contribution < 1.29 is 15.0 Å². The molecule has 0 radical (unpaired) electrons. The fourth-order valence-corrected chi connectivity index (χ4v) is 8.95. The summed E-state index contributed by atoms with van der Waals surface area (Å²) in [4.78, 5) is 12.3. The first-order valence-electron chi connectivity index (χ1n) is 27.2. The SMILES string of the molecule is CCCCCCCCCCCCCCCCCCCCCCCCCCCCCCCCCCCCCCCCCCCC(=O)NC(CO)C(O)CCCCCCC. The highest BCUT2D eigenvalue weighted by Gasteiger charge is 2.20. The standard InChI is InChI=1S/C54H109NO3/c1-3-5-7-9-10-11-12-13-14-15-16-17-18-19-20-21-22-23-24-25-26-27-28-29-30-31-32-33-34-35-36-37-38-39-40-41-42-43-44-46-48-50-54(58)55-52(51-56)53(57)49-47-45-8-6-4-2/h52-53,56-57H,3-51H2,1-2H3,(H,55,58). The predicted octanol–water partition coefficient (Wildman–Crippen LogP) is 17.6. The van der Waals surface area contributed by atoms with Gasteiger partial charge in [-0.1, -0.05) is 303 Å². The zero-order valence-corrected chi connectivity index (χ0v) is 40.1. The average Bonchev–Trinajstić information content (AvgIpc) is 3.23. The second-order valence-corrected chi connectivity index (χ2v) is 19.0. The van der Waals surface area contributed by atoms with E-state index >= 15 is 0 Å². The Morgan fingerprint density at radius 3 is 0.776 bits per heavy atom. The van der Waals surface area contributed by atoms with E-state index in [9.17, 15) is 15.0 Å². The number of rotatable bonds is 51. The van der Waals surface area contributed by atoms with E-state index < -0.39 is 12.1 Å². The molecule has 0 aromatic heterocycles. The van der Waals surface area contributed by atoms with Gasteiger partial charge in [-0.15, -0.1) is 0 Å². The molecule has 3 N–H and O–H groups in total. The van der Waals surface area contributed by atoms with Gasteiger partial charge in [-0.2, -0.15) is 0 Å². The molecule has 0 rings (SSSR count). The monoisotopic (exact) mass is 820 g/mol. The number of unbranched alkanes of at least 4 members (excludes halogenated alkanes) is 44. The lowest BCUT2D eigenvalue weighted by molar-refractivity contribution is -0.123. The van der Waals surface area contributed by atoms with Gasteiger partial charge in [0, 0.05) is 6.42 Å². The first-order valence-corrected chi connectivity index (χ1v) is 27.2. The Balaban J connectivity index is 3.22. The molecule has 348 valence electrons. The Kier molecular flexibility index (Phi) is 50.2. The summed E-state index contributed by atoms with van der Waals surface area (Å²) in [6, 6.07) is -0.527. The number of hydrogen-bond acceptors (Lipinski definition) is 3. The third-order valence-electron chi connectivity index (χ3n) is 13.1. The topological polar surface area (TPSA) is 69.6 Å². The number of nitrogens with one attached hydrogen (secondary N) is 1. The maximum atomic E-state index is 12.3. The predicted molar refractivity (Wildman–Crippen MR) is 258 cm³/mol. The number of carbonyl (C=O) groups excluding carboxylic acids is 1. The van der Waals surface area contributed by atoms with Crippen LogP contribution in [0.25, 0.3) is 0 Å². The van der Waals surface area contributed by atoms with E-state index in [2.05, 4.69) is 19.2 Å². The number of carbonyl (C=O) groups is 1. The Morgan fingerprint density at radius 2 is 0.552 bits per heavy atom. The van der Waals surface area contributed by atoms with E-state index in [-0.39, 0.29) is 12.5 Å². The van der Waals surface area contributed by atoms with Crippen molar-refractivity contribution in [2.24, 2.45) is 0 Å². The Hall–Kier alpha value is -0.610. The number of hydrogen-bond donors (Lipinski definition) is 3. The Labute approximate surface area is 365 Å². The van der Waals surface area contributed by atoms with E-state index in [4.69, 9.17) is 0 Å². The number of amides is 1. The molecule has 0 spiro atoms. The summed E-state index contributed by atoms with van der Waals surface area (Å²) in [5, 5.41) is 22.8. The molecule has 0 aromatic carbocycles. The molecule has 2 atom stereocenters. The molecule has 0 heterocycles. The lowest BCUT2D eigenvalue weighted by Crippen LogP contribution is -2.45. The summed E-state index contributed by atoms with van der Waals surface area (Å²) in [7, 11) is 0. The van der Waals surface area contributed by atoms with Gasteiger partial charge in [-0.3, -0.25) is 4.79 Å². The molecule has 0 aliphatic carbocycles. The third kappa shape index (κ3) is 46.5. The average molecular weight is 820 g/mol. The van der Waals surface area contributed by atoms with Crippen molar-refractivity contribution in [3.05, 3.63) is 0 Å². The van der Waals surface area contributed by atoms with Crippen molar-refractivity contribution in [1.82, 2.24) is 5.32 Å². The van der Waals surface area contributed by atoms with E-state index in [1.54, 1.807) is 0 Å². The zero-order valence-electron chi connectivity index (χ0n) is 40.1. The van der Waals surface area contributed by atoms with E-state index in [1.165, 1.54) is 270 Å². The molecule has 2 unspecified atom stereocenters. The van der Waals surface area contributed by atoms with Gasteiger partial charge in [0.1, 0.15) is 0 Å². The van der Waals surface area contributed by atoms with Gasteiger partial charge in [-0.05, 0) is 12.8 Å². The van der Waals surface area contributed by atoms with Crippen LogP contribution in [0.1, 0.15) is 322 Å². The summed E-state index contributed by atoms with van der Waals surface area (Å²) >= 11 is 0. The molecule has 58 heavy (non-hydrogen) atoms. The second-order valence-electron chi connectivity index (χ2n) is 19.0. The van der Waals surface area contributed by atoms with Crippen molar-refractivity contribution in [2.45, 2.75) is 334 Å². The minimum atomic E-state index is -0.650. The smallest absolute Gasteiger partial charge is 0.220 e. The van der Waals surface area contributed by atoms with Crippen molar-refractivity contribution in [3.63, 3.8) is 0 Å². The fraction of sp³-hybridized carbons (Fsp3) is 0.981. The normalized spacial score (nSPS) is 12.7. The summed E-state index contributed by atoms with van der Waals surface area (Å²) < 4.78 is 0. The molecule has 4 heteroatoms. The highest BCUT2D eigenvalue weighted by atomic mass is 16.3. The molecule has 0 aliphatic heterocycles. The van der Waals surface area contributed by atoms with Crippen molar-refractivity contribution in [1.29, 1.82) is 0 Å². The molecule has 0 saturated heterocycles. The summed E-state index contributed by atoms with van der Waals surface area (Å²) in [5.41, 5.74) is 0. The molecular weight excluding hydrogens is 711 g/mol. The van der Waals surface area contributed by atoms with Crippen molar-refractivity contribution in [2.75, 3.05) is 6.61 Å². The van der Waals surface area contributed by atoms with Crippen molar-refractivity contribution >= 4 is 5.91 Å². The number of aliphatic hydroxyl groups excluding tert-OH is 2. The van der Waals surface area contributed by atoms with Crippen molar-refractivity contribution in [3.8, 4) is 0 Å². The molecule has 0 fully saturated rings. The maximum absolute atomic E-state index is 12.3. The van der Waals surface area contributed by atoms with Crippen LogP contribution in [0, 0.1) is 0 Å². The van der Waals surface area contributed by atoms with Gasteiger partial charge < -0.3 is 15.5 Å². The first-order chi connectivity index (χ1) is 28.7. The summed E-state index contributed by atoms with van der Waals surface area (Å²) in [6.45, 7) is 4.31. The Bertz CT molecular complexity index is 759. The largest absolute Gasteiger partial charge is 0.394 e. The van der Waals surface area contributed by atoms with Crippen LogP contribution in [-0.2, 0) is 4.79 Å². The van der Waals surface area contributed by atoms with Crippen LogP contribution in [0.5, 0.6) is 0 Å². The van der Waals surface area contributed by atoms with E-state index in [0.717, 1.165) is 25.7 Å². The summed E-state index contributed by atoms with van der Waals surface area (Å²) in [5.74, 6) is -0.0316. The first kappa shape index (κ1) is 57.4. The maximum Gasteiger partial charge on any atom is 0.220 e. The Morgan fingerprint density at radius 1 is 0.345 bits per heavy atom. The molecule has 1 amide bonds. The van der Waals surface area contributed by atoms with Crippen LogP contribution < -0.4 is 5.32 Å².